The largest absolute Gasteiger partial charge is 0.737 e. The molecule has 0 saturated heterocycles. The number of benzene rings is 1. The zero-order chi connectivity index (χ0) is 16.5. The van der Waals surface area contributed by atoms with E-state index in [0.717, 1.165) is 31.0 Å². The predicted octanol–water partition coefficient (Wildman–Crippen LogP) is 3.63. The van der Waals surface area contributed by atoms with Crippen LogP contribution in [0.15, 0.2) is 66.6 Å². The molecule has 24 heavy (non-hydrogen) atoms. The minimum absolute atomic E-state index is 0.558. The molecular weight excluding hydrogens is 307 g/mol. The molecule has 0 radical (unpaired) electrons. The van der Waals surface area contributed by atoms with Crippen LogP contribution in [-0.2, 0) is 7.05 Å². The molecule has 0 amide bonds. The van der Waals surface area contributed by atoms with Crippen molar-refractivity contribution >= 4 is 29.7 Å². The molecule has 0 atom stereocenters. The third-order valence-electron chi connectivity index (χ3n) is 4.91. The summed E-state index contributed by atoms with van der Waals surface area (Å²) in [4.78, 5) is 0. The van der Waals surface area contributed by atoms with E-state index in [0.29, 0.717) is 11.4 Å². The summed E-state index contributed by atoms with van der Waals surface area (Å²) in [5, 5.41) is 1.06. The van der Waals surface area contributed by atoms with Gasteiger partial charge in [0.2, 0.25) is 0 Å². The van der Waals surface area contributed by atoms with Gasteiger partial charge in [0.1, 0.15) is 6.21 Å². The zero-order valence-corrected chi connectivity index (χ0v) is 13.0. The average Bonchev–Trinajstić information content (AvgIpc) is 3.29. The number of hydrogen-bond acceptors (Lipinski definition) is 0. The first kappa shape index (κ1) is 13.5. The maximum Gasteiger partial charge on any atom is 0.737 e. The lowest BCUT2D eigenvalue weighted by molar-refractivity contribution is -0.356. The Morgan fingerprint density at radius 1 is 1.08 bits per heavy atom. The number of nitrogens with zero attached hydrogens (tertiary/aromatic N) is 3. The molecule has 0 unspecified atom stereocenters. The lowest BCUT2D eigenvalue weighted by Crippen LogP contribution is -2.49. The average molecular weight is 321 g/mol. The minimum atomic E-state index is -3.85. The molecule has 118 valence electrons. The molecule has 0 N–H and O–H groups in total. The van der Waals surface area contributed by atoms with Gasteiger partial charge in [0.15, 0.2) is 5.70 Å². The zero-order valence-electron chi connectivity index (χ0n) is 13.0. The van der Waals surface area contributed by atoms with Crippen LogP contribution in [0.3, 0.4) is 0 Å². The first-order chi connectivity index (χ1) is 11.6. The van der Waals surface area contributed by atoms with Crippen molar-refractivity contribution in [2.45, 2.75) is 0 Å². The summed E-state index contributed by atoms with van der Waals surface area (Å²) in [6.07, 6.45) is 8.39. The van der Waals surface area contributed by atoms with Crippen molar-refractivity contribution in [3.05, 3.63) is 77.9 Å². The van der Waals surface area contributed by atoms with E-state index < -0.39 is 6.97 Å². The summed E-state index contributed by atoms with van der Waals surface area (Å²) in [6.45, 7) is -3.85. The van der Waals surface area contributed by atoms with Crippen molar-refractivity contribution in [3.63, 3.8) is 0 Å². The van der Waals surface area contributed by atoms with Gasteiger partial charge in [0, 0.05) is 47.6 Å². The van der Waals surface area contributed by atoms with Crippen molar-refractivity contribution in [2.24, 2.45) is 7.05 Å². The Labute approximate surface area is 137 Å². The second-order valence-electron chi connectivity index (χ2n) is 6.24. The van der Waals surface area contributed by atoms with Crippen molar-refractivity contribution < 1.29 is 13.1 Å². The number of aromatic nitrogens is 2. The summed E-state index contributed by atoms with van der Waals surface area (Å²) < 4.78 is 33.9. The first-order valence-electron chi connectivity index (χ1n) is 7.87. The summed E-state index contributed by atoms with van der Waals surface area (Å²) in [7, 11) is 1.98. The van der Waals surface area contributed by atoms with E-state index in [1.165, 1.54) is 12.4 Å². The van der Waals surface area contributed by atoms with Crippen LogP contribution in [0.1, 0.15) is 11.3 Å². The fourth-order valence-corrected chi connectivity index (χ4v) is 3.84. The van der Waals surface area contributed by atoms with Crippen LogP contribution in [0, 0.1) is 0 Å². The van der Waals surface area contributed by atoms with Gasteiger partial charge >= 0.3 is 6.97 Å². The fraction of sp³-hybridized carbons (Fsp3) is 0.0556. The maximum absolute atomic E-state index is 14.8. The number of para-hydroxylation sites is 1. The van der Waals surface area contributed by atoms with Crippen molar-refractivity contribution in [2.75, 3.05) is 0 Å². The molecule has 5 rings (SSSR count). The molecule has 0 bridgehead atoms. The quantitative estimate of drug-likeness (QED) is 0.607. The Morgan fingerprint density at radius 2 is 1.92 bits per heavy atom. The van der Waals surface area contributed by atoms with Crippen LogP contribution < -0.4 is 0 Å². The molecule has 1 aromatic carbocycles. The highest BCUT2D eigenvalue weighted by molar-refractivity contribution is 6.57. The van der Waals surface area contributed by atoms with Gasteiger partial charge in [-0.25, -0.2) is 0 Å². The Kier molecular flexibility index (Phi) is 2.45. The Balaban J connectivity index is 1.91. The smallest absolute Gasteiger partial charge is 0.396 e. The van der Waals surface area contributed by atoms with Gasteiger partial charge in [-0.1, -0.05) is 18.2 Å². The van der Waals surface area contributed by atoms with E-state index in [4.69, 9.17) is 0 Å². The van der Waals surface area contributed by atoms with E-state index >= 15 is 0 Å². The van der Waals surface area contributed by atoms with Gasteiger partial charge < -0.3 is 22.2 Å². The molecular formula is C18H14BF2N3. The lowest BCUT2D eigenvalue weighted by Gasteiger charge is -2.30. The molecule has 2 aliphatic heterocycles. The van der Waals surface area contributed by atoms with E-state index in [1.54, 1.807) is 24.3 Å². The normalized spacial score (nSPS) is 18.0. The summed E-state index contributed by atoms with van der Waals surface area (Å²) in [6, 6.07) is 11.5. The molecule has 6 heteroatoms. The van der Waals surface area contributed by atoms with Crippen molar-refractivity contribution in [1.82, 2.24) is 9.05 Å². The van der Waals surface area contributed by atoms with Crippen LogP contribution in [0.4, 0.5) is 8.63 Å². The van der Waals surface area contributed by atoms with Crippen LogP contribution >= 0.6 is 0 Å². The monoisotopic (exact) mass is 321 g/mol. The number of rotatable bonds is 1. The van der Waals surface area contributed by atoms with Crippen molar-refractivity contribution in [1.29, 1.82) is 0 Å². The van der Waals surface area contributed by atoms with Gasteiger partial charge in [-0.05, 0) is 24.4 Å². The Hall–Kier alpha value is -2.89. The molecule has 2 aromatic heterocycles. The molecule has 0 saturated carbocycles. The number of fused-ring (bicyclic) bond motifs is 3. The Bertz CT molecular complexity index is 1100. The highest BCUT2D eigenvalue weighted by atomic mass is 19.2. The van der Waals surface area contributed by atoms with Crippen LogP contribution in [0.25, 0.3) is 16.5 Å². The van der Waals surface area contributed by atoms with Crippen LogP contribution in [0.2, 0.25) is 0 Å². The SMILES string of the molecule is Cn1cc(C2=C3C=CC=[N+]3[B-](F)(F)n3cccc32)c2ccccc21. The number of halogens is 2. The number of aryl methyl sites for hydroxylation is 1. The van der Waals surface area contributed by atoms with Crippen molar-refractivity contribution in [3.8, 4) is 0 Å². The Morgan fingerprint density at radius 3 is 2.79 bits per heavy atom. The topological polar surface area (TPSA) is 12.9 Å². The van der Waals surface area contributed by atoms with Crippen LogP contribution in [-0.4, -0.2) is 26.7 Å². The summed E-state index contributed by atoms with van der Waals surface area (Å²) in [5.41, 5.74) is 4.01. The molecule has 0 aliphatic carbocycles. The number of allylic oxidation sites excluding steroid dienone is 2. The fourth-order valence-electron chi connectivity index (χ4n) is 3.84. The molecule has 4 heterocycles. The highest BCUT2D eigenvalue weighted by Crippen LogP contribution is 2.40. The van der Waals surface area contributed by atoms with Gasteiger partial charge in [-0.3, -0.25) is 0 Å². The second-order valence-corrected chi connectivity index (χ2v) is 6.24. The second kappa shape index (κ2) is 4.35. The third-order valence-corrected chi connectivity index (χ3v) is 4.91. The summed E-state index contributed by atoms with van der Waals surface area (Å²) >= 11 is 0. The van der Waals surface area contributed by atoms with Gasteiger partial charge in [0.05, 0.1) is 5.57 Å². The standard InChI is InChI=1S/C18H14BF2N3/c1-22-12-14(13-6-2-3-7-15(13)22)18-16-8-4-10-23(16)19(20,21)24-11-5-9-17(18)24/h2-12H,1H3. The minimum Gasteiger partial charge on any atom is -0.396 e. The predicted molar refractivity (Wildman–Crippen MR) is 92.2 cm³/mol. The van der Waals surface area contributed by atoms with E-state index in [1.807, 2.05) is 42.1 Å². The molecule has 2 aliphatic rings. The lowest BCUT2D eigenvalue weighted by atomic mass is 9.86. The van der Waals surface area contributed by atoms with Gasteiger partial charge in [-0.15, -0.1) is 0 Å². The number of hydrogen-bond donors (Lipinski definition) is 0. The van der Waals surface area contributed by atoms with E-state index in [-0.39, 0.29) is 0 Å². The van der Waals surface area contributed by atoms with E-state index in [9.17, 15) is 8.63 Å². The molecule has 3 aromatic rings. The summed E-state index contributed by atoms with van der Waals surface area (Å²) in [5.74, 6) is 0. The molecule has 0 fully saturated rings. The molecule has 0 spiro atoms. The third kappa shape index (κ3) is 1.53. The molecule has 3 nitrogen and oxygen atoms in total. The maximum atomic E-state index is 14.8. The van der Waals surface area contributed by atoms with E-state index in [2.05, 4.69) is 0 Å². The first-order valence-corrected chi connectivity index (χ1v) is 7.87. The van der Waals surface area contributed by atoms with Crippen LogP contribution in [0.5, 0.6) is 0 Å². The highest BCUT2D eigenvalue weighted by Gasteiger charge is 2.51. The van der Waals surface area contributed by atoms with Gasteiger partial charge in [0.25, 0.3) is 0 Å². The van der Waals surface area contributed by atoms with Gasteiger partial charge in [-0.2, -0.15) is 0 Å².